The molecule has 0 saturated heterocycles. The Morgan fingerprint density at radius 1 is 0.500 bits per heavy atom. The van der Waals surface area contributed by atoms with Crippen LogP contribution in [0, 0.1) is 41.5 Å². The minimum absolute atomic E-state index is 0.0930. The summed E-state index contributed by atoms with van der Waals surface area (Å²) in [7, 11) is 17.4. The molecule has 0 radical (unpaired) electrons. The average molecular weight is 838 g/mol. The third-order valence-corrected chi connectivity index (χ3v) is 35.9. The van der Waals surface area contributed by atoms with Gasteiger partial charge < -0.3 is 0 Å². The van der Waals surface area contributed by atoms with Crippen molar-refractivity contribution in [2.45, 2.75) is 62.6 Å². The summed E-state index contributed by atoms with van der Waals surface area (Å²) in [6, 6.07) is 39.2. The fourth-order valence-electron chi connectivity index (χ4n) is 10.9. The van der Waals surface area contributed by atoms with Crippen molar-refractivity contribution in [3.05, 3.63) is 170 Å². The zero-order valence-electron chi connectivity index (χ0n) is 32.6. The van der Waals surface area contributed by atoms with Crippen LogP contribution in [-0.4, -0.2) is 9.52 Å². The Bertz CT molecular complexity index is 2500. The van der Waals surface area contributed by atoms with Gasteiger partial charge in [-0.05, 0) is 0 Å². The number of fused-ring (bicyclic) bond motifs is 5. The molecule has 0 bridgehead atoms. The minimum atomic E-state index is -5.49. The summed E-state index contributed by atoms with van der Waals surface area (Å²) in [5, 5.41) is 2.95. The van der Waals surface area contributed by atoms with Gasteiger partial charge in [0.25, 0.3) is 0 Å². The number of rotatable bonds is 5. The van der Waals surface area contributed by atoms with E-state index in [2.05, 4.69) is 171 Å². The first-order chi connectivity index (χ1) is 25.7. The molecule has 0 saturated carbocycles. The second kappa shape index (κ2) is 12.8. The molecule has 6 aromatic rings. The van der Waals surface area contributed by atoms with Crippen LogP contribution in [0.1, 0.15) is 76.7 Å². The zero-order valence-corrected chi connectivity index (χ0v) is 38.0. The summed E-state index contributed by atoms with van der Waals surface area (Å²) in [5.41, 5.74) is 23.3. The molecule has 269 valence electrons. The first-order valence-electron chi connectivity index (χ1n) is 19.3. The quantitative estimate of drug-likeness (QED) is 0.152. The molecule has 4 heteroatoms. The molecule has 6 aromatic carbocycles. The SMILES string of the molecule is CC1=Cc2c(ccc(C)c2-c2cc(C)cc(C)c2)[CH]1[Zr]([Cl])([Cl])([c]1cccc2c1[SiH2]c1ccccc1-2)[CH]1C(C)=Cc2c1ccc(C)c2-c1cc(C)cc(C)c1. The molecule has 0 nitrogen and oxygen atoms in total. The summed E-state index contributed by atoms with van der Waals surface area (Å²) in [5.74, 6) is 0. The van der Waals surface area contributed by atoms with Gasteiger partial charge in [-0.1, -0.05) is 0 Å². The van der Waals surface area contributed by atoms with E-state index in [4.69, 9.17) is 17.0 Å². The molecule has 0 N–H and O–H groups in total. The van der Waals surface area contributed by atoms with E-state index in [0.717, 1.165) is 0 Å². The van der Waals surface area contributed by atoms with Crippen molar-refractivity contribution in [1.82, 2.24) is 0 Å². The molecule has 0 aromatic heterocycles. The summed E-state index contributed by atoms with van der Waals surface area (Å²) < 4.78 is 1.09. The molecule has 2 unspecified atom stereocenters. The van der Waals surface area contributed by atoms with Crippen LogP contribution in [0.2, 0.25) is 0 Å². The van der Waals surface area contributed by atoms with Crippen LogP contribution in [0.4, 0.5) is 0 Å². The van der Waals surface area contributed by atoms with E-state index >= 15 is 0 Å². The molecular weight excluding hydrogens is 791 g/mol. The van der Waals surface area contributed by atoms with Crippen LogP contribution >= 0.6 is 17.0 Å². The van der Waals surface area contributed by atoms with Crippen molar-refractivity contribution in [2.24, 2.45) is 0 Å². The molecule has 0 spiro atoms. The fourth-order valence-corrected chi connectivity index (χ4v) is 39.7. The standard InChI is InChI=1S/2C19H19.C12H9Si.2ClH.Zr/c2*1-12-7-13(2)10-17(9-12)19-15(4)5-6-16-8-14(3)11-18(16)19;1-3-7-11-9(5-1)10-6-2-4-8-12(10)13-11;;;/h2*5-11H,1-4H3;1-7H,13H2;2*1H;/q;;;;;+2/p-2. The Morgan fingerprint density at radius 2 is 0.963 bits per heavy atom. The van der Waals surface area contributed by atoms with E-state index in [0.29, 0.717) is 0 Å². The van der Waals surface area contributed by atoms with Gasteiger partial charge >= 0.3 is 335 Å². The molecule has 1 aliphatic heterocycles. The molecule has 54 heavy (non-hydrogen) atoms. The summed E-state index contributed by atoms with van der Waals surface area (Å²) >= 11 is -5.49. The van der Waals surface area contributed by atoms with Crippen LogP contribution in [0.3, 0.4) is 0 Å². The summed E-state index contributed by atoms with van der Waals surface area (Å²) in [6.07, 6.45) is 4.89. The van der Waals surface area contributed by atoms with Crippen molar-refractivity contribution in [3.63, 3.8) is 0 Å². The third-order valence-electron chi connectivity index (χ3n) is 12.7. The molecule has 1 heterocycles. The van der Waals surface area contributed by atoms with Gasteiger partial charge in [0.15, 0.2) is 0 Å². The Kier molecular flexibility index (Phi) is 8.54. The van der Waals surface area contributed by atoms with Crippen LogP contribution in [0.15, 0.2) is 114 Å². The second-order valence-corrected chi connectivity index (χ2v) is 39.2. The normalized spacial score (nSPS) is 18.1. The first-order valence-corrected chi connectivity index (χ1v) is 31.1. The van der Waals surface area contributed by atoms with E-state index < -0.39 is 25.9 Å². The van der Waals surface area contributed by atoms with Crippen LogP contribution < -0.4 is 13.6 Å². The van der Waals surface area contributed by atoms with Gasteiger partial charge in [-0.15, -0.1) is 0 Å². The van der Waals surface area contributed by atoms with E-state index in [9.17, 15) is 0 Å². The maximum absolute atomic E-state index is 9.10. The van der Waals surface area contributed by atoms with Crippen LogP contribution in [-0.2, 0) is 16.4 Å². The fraction of sp³-hybridized carbons (Fsp3) is 0.200. The first kappa shape index (κ1) is 36.1. The van der Waals surface area contributed by atoms with Crippen molar-refractivity contribution >= 4 is 52.3 Å². The Balaban J connectivity index is 1.35. The number of hydrogen-bond donors (Lipinski definition) is 0. The molecular formula is C50H47Cl2SiZr. The topological polar surface area (TPSA) is 0 Å². The van der Waals surface area contributed by atoms with Gasteiger partial charge in [-0.2, -0.15) is 0 Å². The Labute approximate surface area is 332 Å². The maximum atomic E-state index is 9.10. The molecule has 2 atom stereocenters. The van der Waals surface area contributed by atoms with Crippen molar-refractivity contribution in [2.75, 3.05) is 0 Å². The van der Waals surface area contributed by atoms with Gasteiger partial charge in [0, 0.05) is 0 Å². The second-order valence-electron chi connectivity index (χ2n) is 16.7. The molecule has 0 amide bonds. The average Bonchev–Trinajstić information content (AvgIpc) is 3.77. The van der Waals surface area contributed by atoms with Gasteiger partial charge in [-0.3, -0.25) is 0 Å². The predicted molar refractivity (Wildman–Crippen MR) is 236 cm³/mol. The number of hydrogen-bond acceptors (Lipinski definition) is 0. The van der Waals surface area contributed by atoms with Gasteiger partial charge in [-0.25, -0.2) is 0 Å². The zero-order chi connectivity index (χ0) is 37.9. The summed E-state index contributed by atoms with van der Waals surface area (Å²) in [6.45, 7) is 17.9. The van der Waals surface area contributed by atoms with Crippen LogP contribution in [0.25, 0.3) is 45.5 Å². The number of halogens is 2. The number of benzene rings is 6. The third kappa shape index (κ3) is 5.31. The van der Waals surface area contributed by atoms with Gasteiger partial charge in [0.2, 0.25) is 0 Å². The number of aryl methyl sites for hydroxylation is 6. The van der Waals surface area contributed by atoms with E-state index in [-0.39, 0.29) is 7.25 Å². The van der Waals surface area contributed by atoms with E-state index in [1.165, 1.54) is 114 Å². The predicted octanol–water partition coefficient (Wildman–Crippen LogP) is 11.9. The molecule has 0 fully saturated rings. The Hall–Kier alpha value is -3.52. The number of allylic oxidation sites excluding steroid dienone is 2. The van der Waals surface area contributed by atoms with Crippen LogP contribution in [0.5, 0.6) is 0 Å². The van der Waals surface area contributed by atoms with E-state index in [1.54, 1.807) is 0 Å². The van der Waals surface area contributed by atoms with E-state index in [1.807, 2.05) is 0 Å². The van der Waals surface area contributed by atoms with Crippen molar-refractivity contribution < 1.29 is 16.4 Å². The van der Waals surface area contributed by atoms with Gasteiger partial charge in [0.05, 0.1) is 0 Å². The molecule has 9 rings (SSSR count). The molecule has 3 aliphatic rings. The Morgan fingerprint density at radius 3 is 1.46 bits per heavy atom. The summed E-state index contributed by atoms with van der Waals surface area (Å²) in [4.78, 5) is 0. The molecule has 2 aliphatic carbocycles. The van der Waals surface area contributed by atoms with Crippen molar-refractivity contribution in [3.8, 4) is 33.4 Å². The van der Waals surface area contributed by atoms with Crippen molar-refractivity contribution in [1.29, 1.82) is 0 Å². The monoisotopic (exact) mass is 835 g/mol. The van der Waals surface area contributed by atoms with Gasteiger partial charge in [0.1, 0.15) is 0 Å².